The third kappa shape index (κ3) is 2.67. The number of thiophene rings is 1. The van der Waals surface area contributed by atoms with E-state index < -0.39 is 6.61 Å². The van der Waals surface area contributed by atoms with Crippen molar-refractivity contribution in [1.82, 2.24) is 0 Å². The first-order valence-corrected chi connectivity index (χ1v) is 5.24. The van der Waals surface area contributed by atoms with Crippen LogP contribution in [0.15, 0.2) is 17.5 Å². The first-order chi connectivity index (χ1) is 5.74. The van der Waals surface area contributed by atoms with E-state index >= 15 is 0 Å². The number of carbonyl (C=O) groups is 1. The second-order valence-corrected chi connectivity index (χ2v) is 4.58. The molecule has 1 N–H and O–H groups in total. The van der Waals surface area contributed by atoms with E-state index in [2.05, 4.69) is 0 Å². The Labute approximate surface area is 83.6 Å². The van der Waals surface area contributed by atoms with Crippen molar-refractivity contribution in [2.24, 2.45) is 0 Å². The Balaban J connectivity index is 2.56. The molecule has 0 unspecified atom stereocenters. The van der Waals surface area contributed by atoms with Gasteiger partial charge in [-0.3, -0.25) is 4.79 Å². The average molecular weight is 218 g/mol. The molecule has 0 saturated carbocycles. The summed E-state index contributed by atoms with van der Waals surface area (Å²) in [4.78, 5) is 11.6. The highest BCUT2D eigenvalue weighted by molar-refractivity contribution is 8.33. The minimum absolute atomic E-state index is 0.312. The van der Waals surface area contributed by atoms with Crippen molar-refractivity contribution in [3.05, 3.63) is 22.4 Å². The van der Waals surface area contributed by atoms with E-state index in [1.807, 2.05) is 17.5 Å². The average Bonchev–Trinajstić information content (AvgIpc) is 2.56. The molecule has 0 atom stereocenters. The van der Waals surface area contributed by atoms with Gasteiger partial charge in [-0.15, -0.1) is 11.3 Å². The van der Waals surface area contributed by atoms with Crippen LogP contribution in [-0.4, -0.2) is 21.0 Å². The van der Waals surface area contributed by atoms with Crippen molar-refractivity contribution >= 4 is 44.6 Å². The molecular formula is C7H6O2S3. The van der Waals surface area contributed by atoms with Crippen molar-refractivity contribution < 1.29 is 9.90 Å². The molecule has 0 aliphatic rings. The summed E-state index contributed by atoms with van der Waals surface area (Å²) < 4.78 is 0.532. The number of aliphatic hydroxyl groups excluding tert-OH is 1. The molecule has 0 bridgehead atoms. The summed E-state index contributed by atoms with van der Waals surface area (Å²) in [5.41, 5.74) is 0. The maximum absolute atomic E-state index is 10.7. The monoisotopic (exact) mass is 218 g/mol. The van der Waals surface area contributed by atoms with E-state index in [1.54, 1.807) is 0 Å². The summed E-state index contributed by atoms with van der Waals surface area (Å²) in [6, 6.07) is 3.72. The molecule has 0 spiro atoms. The predicted molar refractivity (Wildman–Crippen MR) is 55.7 cm³/mol. The van der Waals surface area contributed by atoms with Crippen molar-refractivity contribution in [1.29, 1.82) is 0 Å². The molecule has 0 amide bonds. The zero-order valence-corrected chi connectivity index (χ0v) is 8.47. The van der Waals surface area contributed by atoms with Gasteiger partial charge < -0.3 is 5.11 Å². The minimum Gasteiger partial charge on any atom is -0.388 e. The van der Waals surface area contributed by atoms with E-state index in [0.717, 1.165) is 16.6 Å². The van der Waals surface area contributed by atoms with Crippen molar-refractivity contribution in [3.8, 4) is 0 Å². The van der Waals surface area contributed by atoms with Crippen LogP contribution in [0.4, 0.5) is 0 Å². The molecule has 12 heavy (non-hydrogen) atoms. The molecule has 0 aliphatic carbocycles. The Morgan fingerprint density at radius 2 is 2.50 bits per heavy atom. The molecule has 0 aliphatic heterocycles. The highest BCUT2D eigenvalue weighted by Gasteiger charge is 2.08. The predicted octanol–water partition coefficient (Wildman–Crippen LogP) is 1.68. The van der Waals surface area contributed by atoms with Crippen LogP contribution >= 0.6 is 35.3 Å². The smallest absolute Gasteiger partial charge is 0.219 e. The van der Waals surface area contributed by atoms with Gasteiger partial charge in [0.1, 0.15) is 6.61 Å². The number of rotatable bonds is 2. The van der Waals surface area contributed by atoms with Crippen LogP contribution in [0.5, 0.6) is 0 Å². The first-order valence-electron chi connectivity index (χ1n) is 3.13. The van der Waals surface area contributed by atoms with E-state index in [9.17, 15) is 4.79 Å². The van der Waals surface area contributed by atoms with Gasteiger partial charge in [0.2, 0.25) is 5.12 Å². The van der Waals surface area contributed by atoms with Gasteiger partial charge in [0.05, 0.1) is 9.07 Å². The van der Waals surface area contributed by atoms with Gasteiger partial charge in [0.15, 0.2) is 0 Å². The van der Waals surface area contributed by atoms with Crippen LogP contribution in [0.2, 0.25) is 0 Å². The zero-order valence-electron chi connectivity index (χ0n) is 6.02. The van der Waals surface area contributed by atoms with Crippen LogP contribution in [0.3, 0.4) is 0 Å². The summed E-state index contributed by atoms with van der Waals surface area (Å²) in [7, 11) is 0. The van der Waals surface area contributed by atoms with Crippen LogP contribution in [-0.2, 0) is 4.79 Å². The third-order valence-electron chi connectivity index (χ3n) is 1.06. The molecule has 2 nitrogen and oxygen atoms in total. The molecule has 0 aromatic carbocycles. The molecule has 0 radical (unpaired) electrons. The summed E-state index contributed by atoms with van der Waals surface area (Å²) in [5.74, 6) is 0. The van der Waals surface area contributed by atoms with Crippen molar-refractivity contribution in [2.75, 3.05) is 6.61 Å². The third-order valence-corrected chi connectivity index (χ3v) is 3.44. The Morgan fingerprint density at radius 3 is 3.00 bits per heavy atom. The molecule has 1 heterocycles. The Kier molecular flexibility index (Phi) is 3.87. The second-order valence-electron chi connectivity index (χ2n) is 1.90. The molecule has 1 aromatic heterocycles. The van der Waals surface area contributed by atoms with Gasteiger partial charge >= 0.3 is 0 Å². The molecule has 0 fully saturated rings. The van der Waals surface area contributed by atoms with Crippen LogP contribution in [0.1, 0.15) is 4.88 Å². The van der Waals surface area contributed by atoms with E-state index in [4.69, 9.17) is 17.3 Å². The quantitative estimate of drug-likeness (QED) is 0.766. The molecular weight excluding hydrogens is 212 g/mol. The summed E-state index contributed by atoms with van der Waals surface area (Å²) in [6.45, 7) is -0.462. The SMILES string of the molecule is O=C(CO)SC(=S)c1cccs1. The van der Waals surface area contributed by atoms with Gasteiger partial charge in [0.25, 0.3) is 0 Å². The molecule has 1 aromatic rings. The number of thioether (sulfide) groups is 1. The van der Waals surface area contributed by atoms with Crippen molar-refractivity contribution in [3.63, 3.8) is 0 Å². The standard InChI is InChI=1S/C7H6O2S3/c8-4-6(9)12-7(10)5-2-1-3-11-5/h1-3,8H,4H2. The lowest BCUT2D eigenvalue weighted by Crippen LogP contribution is -2.01. The molecule has 5 heteroatoms. The number of thiocarbonyl (C=S) groups is 1. The topological polar surface area (TPSA) is 37.3 Å². The lowest BCUT2D eigenvalue weighted by Gasteiger charge is -1.95. The highest BCUT2D eigenvalue weighted by atomic mass is 32.2. The van der Waals surface area contributed by atoms with Gasteiger partial charge in [-0.1, -0.05) is 18.3 Å². The fourth-order valence-electron chi connectivity index (χ4n) is 0.581. The lowest BCUT2D eigenvalue weighted by molar-refractivity contribution is -0.113. The Bertz CT molecular complexity index is 279. The maximum atomic E-state index is 10.7. The van der Waals surface area contributed by atoms with Gasteiger partial charge in [-0.05, 0) is 23.2 Å². The van der Waals surface area contributed by atoms with Gasteiger partial charge in [0, 0.05) is 0 Å². The first kappa shape index (κ1) is 9.85. The maximum Gasteiger partial charge on any atom is 0.219 e. The minimum atomic E-state index is -0.462. The molecule has 0 saturated heterocycles. The van der Waals surface area contributed by atoms with Crippen LogP contribution in [0.25, 0.3) is 0 Å². The Morgan fingerprint density at radius 1 is 1.75 bits per heavy atom. The summed E-state index contributed by atoms with van der Waals surface area (Å²) >= 11 is 7.36. The van der Waals surface area contributed by atoms with Crippen molar-refractivity contribution in [2.45, 2.75) is 0 Å². The van der Waals surface area contributed by atoms with Gasteiger partial charge in [-0.2, -0.15) is 0 Å². The number of aliphatic hydroxyl groups is 1. The number of hydrogen-bond acceptors (Lipinski definition) is 5. The summed E-state index contributed by atoms with van der Waals surface area (Å²) in [5, 5.41) is 10.0. The van der Waals surface area contributed by atoms with Gasteiger partial charge in [-0.25, -0.2) is 0 Å². The number of hydrogen-bond donors (Lipinski definition) is 1. The largest absolute Gasteiger partial charge is 0.388 e. The zero-order chi connectivity index (χ0) is 8.97. The van der Waals surface area contributed by atoms with Crippen LogP contribution in [0, 0.1) is 0 Å². The lowest BCUT2D eigenvalue weighted by atomic mass is 10.5. The van der Waals surface area contributed by atoms with Crippen LogP contribution < -0.4 is 0 Å². The summed E-state index contributed by atoms with van der Waals surface area (Å²) in [6.07, 6.45) is 0. The number of carbonyl (C=O) groups excluding carboxylic acids is 1. The van der Waals surface area contributed by atoms with E-state index in [-0.39, 0.29) is 5.12 Å². The molecule has 1 rings (SSSR count). The molecule has 64 valence electrons. The highest BCUT2D eigenvalue weighted by Crippen LogP contribution is 2.18. The van der Waals surface area contributed by atoms with E-state index in [1.165, 1.54) is 11.3 Å². The second kappa shape index (κ2) is 4.71. The normalized spacial score (nSPS) is 9.75. The fraction of sp³-hybridized carbons (Fsp3) is 0.143. The fourth-order valence-corrected chi connectivity index (χ4v) is 2.34. The Hall–Kier alpha value is -0.230. The van der Waals surface area contributed by atoms with E-state index in [0.29, 0.717) is 4.20 Å².